The summed E-state index contributed by atoms with van der Waals surface area (Å²) in [6, 6.07) is 17.8. The number of imidazole rings is 1. The number of hydrogen-bond donors (Lipinski definition) is 0. The van der Waals surface area contributed by atoms with Crippen LogP contribution in [0, 0.1) is 11.7 Å². The first-order valence-electron chi connectivity index (χ1n) is 12.8. The van der Waals surface area contributed by atoms with Crippen LogP contribution < -0.4 is 4.90 Å². The van der Waals surface area contributed by atoms with E-state index < -0.39 is 0 Å². The molecule has 5 nitrogen and oxygen atoms in total. The molecule has 0 radical (unpaired) electrons. The van der Waals surface area contributed by atoms with E-state index in [0.29, 0.717) is 35.5 Å². The molecule has 0 unspecified atom stereocenters. The second-order valence-electron chi connectivity index (χ2n) is 9.56. The summed E-state index contributed by atoms with van der Waals surface area (Å²) in [6.07, 6.45) is 5.02. The molecule has 4 aromatic rings. The molecule has 1 aliphatic heterocycles. The number of benzene rings is 2. The van der Waals surface area contributed by atoms with Crippen LogP contribution in [0.15, 0.2) is 66.9 Å². The molecule has 3 heterocycles. The lowest BCUT2D eigenvalue weighted by molar-refractivity contribution is 0.0899. The number of aryl methyl sites for hydroxylation is 2. The second kappa shape index (κ2) is 10.9. The van der Waals surface area contributed by atoms with Crippen molar-refractivity contribution in [2.75, 3.05) is 18.0 Å². The highest BCUT2D eigenvalue weighted by Crippen LogP contribution is 2.27. The molecular formula is C30H29ClFN3O2. The van der Waals surface area contributed by atoms with Crippen LogP contribution in [0.25, 0.3) is 5.65 Å². The second-order valence-corrected chi connectivity index (χ2v) is 9.99. The Kier molecular flexibility index (Phi) is 7.38. The molecule has 2 aromatic carbocycles. The number of ketones is 2. The summed E-state index contributed by atoms with van der Waals surface area (Å²) in [6.45, 7) is 3.60. The first kappa shape index (κ1) is 25.2. The molecule has 0 spiro atoms. The van der Waals surface area contributed by atoms with E-state index in [1.807, 2.05) is 13.0 Å². The quantitative estimate of drug-likeness (QED) is 0.247. The Labute approximate surface area is 220 Å². The molecule has 0 aliphatic carbocycles. The number of nitrogens with zero attached hydrogens (tertiary/aromatic N) is 3. The van der Waals surface area contributed by atoms with Crippen LogP contribution in [-0.4, -0.2) is 34.0 Å². The minimum atomic E-state index is -0.329. The van der Waals surface area contributed by atoms with E-state index in [-0.39, 0.29) is 23.3 Å². The highest BCUT2D eigenvalue weighted by Gasteiger charge is 2.26. The van der Waals surface area contributed by atoms with Crippen molar-refractivity contribution in [2.45, 2.75) is 39.0 Å². The number of carbonyl (C=O) groups is 2. The SMILES string of the molecule is CCc1nc2ccc(Cl)cn2c1C(=O)CCc1ccc(N2CCC(C(=O)c3ccc(F)cc3)CC2)cc1. The Hall–Kier alpha value is -3.51. The first-order chi connectivity index (χ1) is 17.9. The molecule has 7 heteroatoms. The average molecular weight is 518 g/mol. The van der Waals surface area contributed by atoms with Crippen molar-refractivity contribution < 1.29 is 14.0 Å². The van der Waals surface area contributed by atoms with Crippen LogP contribution >= 0.6 is 11.6 Å². The molecule has 0 amide bonds. The first-order valence-corrected chi connectivity index (χ1v) is 13.1. The van der Waals surface area contributed by atoms with Gasteiger partial charge in [-0.2, -0.15) is 0 Å². The number of aromatic nitrogens is 2. The van der Waals surface area contributed by atoms with Gasteiger partial charge in [0, 0.05) is 42.9 Å². The smallest absolute Gasteiger partial charge is 0.181 e. The van der Waals surface area contributed by atoms with Crippen molar-refractivity contribution >= 4 is 34.5 Å². The van der Waals surface area contributed by atoms with Gasteiger partial charge in [0.2, 0.25) is 0 Å². The number of rotatable bonds is 8. The Morgan fingerprint density at radius 1 is 1.00 bits per heavy atom. The predicted molar refractivity (Wildman–Crippen MR) is 144 cm³/mol. The van der Waals surface area contributed by atoms with E-state index in [2.05, 4.69) is 34.1 Å². The van der Waals surface area contributed by atoms with Gasteiger partial charge in [0.1, 0.15) is 17.2 Å². The molecule has 1 fully saturated rings. The number of hydrogen-bond acceptors (Lipinski definition) is 4. The molecule has 0 atom stereocenters. The molecule has 0 bridgehead atoms. The van der Waals surface area contributed by atoms with Gasteiger partial charge in [-0.3, -0.25) is 14.0 Å². The van der Waals surface area contributed by atoms with E-state index in [9.17, 15) is 14.0 Å². The molecule has 190 valence electrons. The zero-order valence-corrected chi connectivity index (χ0v) is 21.5. The maximum atomic E-state index is 13.2. The van der Waals surface area contributed by atoms with Crippen LogP contribution in [0.1, 0.15) is 58.3 Å². The number of piperidine rings is 1. The monoisotopic (exact) mass is 517 g/mol. The van der Waals surface area contributed by atoms with Gasteiger partial charge in [0.05, 0.1) is 10.7 Å². The van der Waals surface area contributed by atoms with Crippen molar-refractivity contribution in [1.29, 1.82) is 0 Å². The van der Waals surface area contributed by atoms with Gasteiger partial charge in [0.25, 0.3) is 0 Å². The third-order valence-corrected chi connectivity index (χ3v) is 7.41. The topological polar surface area (TPSA) is 54.7 Å². The summed E-state index contributed by atoms with van der Waals surface area (Å²) in [5, 5.41) is 0.570. The molecule has 2 aromatic heterocycles. The number of fused-ring (bicyclic) bond motifs is 1. The largest absolute Gasteiger partial charge is 0.371 e. The Morgan fingerprint density at radius 2 is 1.70 bits per heavy atom. The summed E-state index contributed by atoms with van der Waals surface area (Å²) in [7, 11) is 0. The van der Waals surface area contributed by atoms with Gasteiger partial charge in [-0.15, -0.1) is 0 Å². The molecule has 5 rings (SSSR count). The summed E-state index contributed by atoms with van der Waals surface area (Å²) in [4.78, 5) is 32.8. The molecule has 0 N–H and O–H groups in total. The van der Waals surface area contributed by atoms with Crippen LogP contribution in [0.4, 0.5) is 10.1 Å². The van der Waals surface area contributed by atoms with Crippen molar-refractivity contribution in [3.8, 4) is 0 Å². The third kappa shape index (κ3) is 5.44. The maximum absolute atomic E-state index is 13.2. The summed E-state index contributed by atoms with van der Waals surface area (Å²) < 4.78 is 15.0. The van der Waals surface area contributed by atoms with Gasteiger partial charge in [-0.1, -0.05) is 30.7 Å². The van der Waals surface area contributed by atoms with E-state index in [0.717, 1.165) is 48.5 Å². The van der Waals surface area contributed by atoms with Gasteiger partial charge < -0.3 is 4.90 Å². The predicted octanol–water partition coefficient (Wildman–Crippen LogP) is 6.60. The summed E-state index contributed by atoms with van der Waals surface area (Å²) >= 11 is 6.16. The Balaban J connectivity index is 1.18. The highest BCUT2D eigenvalue weighted by atomic mass is 35.5. The average Bonchev–Trinajstić information content (AvgIpc) is 3.30. The van der Waals surface area contributed by atoms with E-state index in [1.165, 1.54) is 12.1 Å². The molecule has 1 saturated heterocycles. The fourth-order valence-corrected chi connectivity index (χ4v) is 5.27. The molecule has 0 saturated carbocycles. The fourth-order valence-electron chi connectivity index (χ4n) is 5.11. The minimum Gasteiger partial charge on any atom is -0.371 e. The lowest BCUT2D eigenvalue weighted by Crippen LogP contribution is -2.36. The number of halogens is 2. The van der Waals surface area contributed by atoms with Crippen LogP contribution in [0.2, 0.25) is 5.02 Å². The molecule has 1 aliphatic rings. The van der Waals surface area contributed by atoms with Crippen LogP contribution in [0.3, 0.4) is 0 Å². The van der Waals surface area contributed by atoms with Crippen molar-refractivity contribution in [3.05, 3.63) is 100 Å². The molecule has 37 heavy (non-hydrogen) atoms. The van der Waals surface area contributed by atoms with Gasteiger partial charge in [0.15, 0.2) is 11.6 Å². The van der Waals surface area contributed by atoms with Crippen molar-refractivity contribution in [2.24, 2.45) is 5.92 Å². The van der Waals surface area contributed by atoms with E-state index in [1.54, 1.807) is 28.8 Å². The van der Waals surface area contributed by atoms with Crippen LogP contribution in [-0.2, 0) is 12.8 Å². The highest BCUT2D eigenvalue weighted by molar-refractivity contribution is 6.30. The number of pyridine rings is 1. The van der Waals surface area contributed by atoms with E-state index >= 15 is 0 Å². The lowest BCUT2D eigenvalue weighted by atomic mass is 9.88. The number of anilines is 1. The van der Waals surface area contributed by atoms with Crippen LogP contribution in [0.5, 0.6) is 0 Å². The Morgan fingerprint density at radius 3 is 2.38 bits per heavy atom. The summed E-state index contributed by atoms with van der Waals surface area (Å²) in [5.74, 6) is -0.206. The van der Waals surface area contributed by atoms with Gasteiger partial charge in [-0.25, -0.2) is 9.37 Å². The minimum absolute atomic E-state index is 0.0329. The maximum Gasteiger partial charge on any atom is 0.181 e. The molecular weight excluding hydrogens is 489 g/mol. The zero-order valence-electron chi connectivity index (χ0n) is 20.8. The summed E-state index contributed by atoms with van der Waals surface area (Å²) in [5.41, 5.74) is 4.95. The Bertz CT molecular complexity index is 1420. The van der Waals surface area contributed by atoms with Crippen molar-refractivity contribution in [1.82, 2.24) is 9.38 Å². The number of carbonyl (C=O) groups excluding carboxylic acids is 2. The lowest BCUT2D eigenvalue weighted by Gasteiger charge is -2.33. The van der Waals surface area contributed by atoms with E-state index in [4.69, 9.17) is 11.6 Å². The van der Waals surface area contributed by atoms with Gasteiger partial charge >= 0.3 is 0 Å². The normalized spacial score (nSPS) is 14.3. The third-order valence-electron chi connectivity index (χ3n) is 7.19. The van der Waals surface area contributed by atoms with Crippen molar-refractivity contribution in [3.63, 3.8) is 0 Å². The fraction of sp³-hybridized carbons (Fsp3) is 0.300. The standard InChI is InChI=1S/C30H29ClFN3O2/c1-2-26-29(35-19-23(31)8-14-28(35)33-26)27(36)13-5-20-3-11-25(12-4-20)34-17-15-22(16-18-34)30(37)21-6-9-24(32)10-7-21/h3-4,6-12,14,19,22H,2,5,13,15-18H2,1H3. The van der Waals surface area contributed by atoms with Gasteiger partial charge in [-0.05, 0) is 79.8 Å². The zero-order chi connectivity index (χ0) is 25.9. The number of Topliss-reactive ketones (excluding diaryl/α,β-unsaturated/α-hetero) is 2.